The highest BCUT2D eigenvalue weighted by Crippen LogP contribution is 2.12. The predicted octanol–water partition coefficient (Wildman–Crippen LogP) is 1.57. The summed E-state index contributed by atoms with van der Waals surface area (Å²) in [6, 6.07) is 0.501. The van der Waals surface area contributed by atoms with Crippen molar-refractivity contribution in [3.63, 3.8) is 0 Å². The molecule has 1 saturated heterocycles. The first-order valence-electron chi connectivity index (χ1n) is 5.79. The van der Waals surface area contributed by atoms with Crippen molar-refractivity contribution in [3.05, 3.63) is 0 Å². The van der Waals surface area contributed by atoms with Crippen LogP contribution in [-0.2, 0) is 9.47 Å². The number of hydrogen-bond donors (Lipinski definition) is 1. The maximum absolute atomic E-state index is 5.64. The molecule has 1 N–H and O–H groups in total. The summed E-state index contributed by atoms with van der Waals surface area (Å²) in [6.07, 6.45) is 3.84. The molecule has 0 radical (unpaired) electrons. The monoisotopic (exact) mass is 201 g/mol. The molecule has 0 aromatic rings. The van der Waals surface area contributed by atoms with Gasteiger partial charge in [-0.3, -0.25) is 0 Å². The number of likely N-dealkylation sites (N-methyl/N-ethyl adjacent to an activating group) is 1. The Labute approximate surface area is 87.2 Å². The Morgan fingerprint density at radius 3 is 2.93 bits per heavy atom. The fraction of sp³-hybridized carbons (Fsp3) is 1.00. The molecular weight excluding hydrogens is 178 g/mol. The summed E-state index contributed by atoms with van der Waals surface area (Å²) in [5.41, 5.74) is 0. The molecule has 0 aliphatic carbocycles. The Morgan fingerprint density at radius 1 is 1.50 bits per heavy atom. The summed E-state index contributed by atoms with van der Waals surface area (Å²) >= 11 is 0. The smallest absolute Gasteiger partial charge is 0.0809 e. The standard InChI is InChI=1S/C11H23NO2/c1-3-10(12-4-2)8-13-9-11-6-5-7-14-11/h10-12H,3-9H2,1-2H3. The molecule has 0 aromatic carbocycles. The van der Waals surface area contributed by atoms with Crippen LogP contribution in [0.2, 0.25) is 0 Å². The van der Waals surface area contributed by atoms with Gasteiger partial charge in [-0.25, -0.2) is 0 Å². The second-order valence-corrected chi connectivity index (χ2v) is 3.84. The zero-order chi connectivity index (χ0) is 10.2. The predicted molar refractivity (Wildman–Crippen MR) is 57.5 cm³/mol. The van der Waals surface area contributed by atoms with Crippen molar-refractivity contribution in [3.8, 4) is 0 Å². The third-order valence-electron chi connectivity index (χ3n) is 2.63. The highest BCUT2D eigenvalue weighted by molar-refractivity contribution is 4.66. The molecule has 0 aromatic heterocycles. The Balaban J connectivity index is 2.00. The van der Waals surface area contributed by atoms with Gasteiger partial charge in [0.05, 0.1) is 19.3 Å². The van der Waals surface area contributed by atoms with E-state index >= 15 is 0 Å². The molecule has 0 amide bonds. The molecule has 1 aliphatic heterocycles. The van der Waals surface area contributed by atoms with Gasteiger partial charge in [-0.1, -0.05) is 13.8 Å². The maximum atomic E-state index is 5.64. The van der Waals surface area contributed by atoms with Crippen LogP contribution in [0, 0.1) is 0 Å². The third kappa shape index (κ3) is 4.40. The van der Waals surface area contributed by atoms with Gasteiger partial charge >= 0.3 is 0 Å². The lowest BCUT2D eigenvalue weighted by atomic mass is 10.2. The van der Waals surface area contributed by atoms with E-state index in [-0.39, 0.29) is 0 Å². The van der Waals surface area contributed by atoms with Gasteiger partial charge in [0.2, 0.25) is 0 Å². The van der Waals surface area contributed by atoms with Crippen molar-refractivity contribution >= 4 is 0 Å². The van der Waals surface area contributed by atoms with Crippen molar-refractivity contribution in [2.24, 2.45) is 0 Å². The second-order valence-electron chi connectivity index (χ2n) is 3.84. The van der Waals surface area contributed by atoms with E-state index in [0.717, 1.165) is 39.2 Å². The Kier molecular flexibility index (Phi) is 6.15. The Hall–Kier alpha value is -0.120. The minimum atomic E-state index is 0.356. The largest absolute Gasteiger partial charge is 0.377 e. The zero-order valence-electron chi connectivity index (χ0n) is 9.42. The molecule has 1 fully saturated rings. The molecule has 0 spiro atoms. The van der Waals surface area contributed by atoms with E-state index in [2.05, 4.69) is 19.2 Å². The second kappa shape index (κ2) is 7.21. The van der Waals surface area contributed by atoms with Crippen LogP contribution in [0.25, 0.3) is 0 Å². The minimum Gasteiger partial charge on any atom is -0.377 e. The molecule has 84 valence electrons. The highest BCUT2D eigenvalue weighted by atomic mass is 16.5. The molecule has 3 nitrogen and oxygen atoms in total. The van der Waals surface area contributed by atoms with Crippen molar-refractivity contribution in [1.82, 2.24) is 5.32 Å². The van der Waals surface area contributed by atoms with Gasteiger partial charge in [-0.2, -0.15) is 0 Å². The Bertz CT molecular complexity index is 135. The SMILES string of the molecule is CCNC(CC)COCC1CCCO1. The molecule has 1 heterocycles. The van der Waals surface area contributed by atoms with Gasteiger partial charge in [-0.15, -0.1) is 0 Å². The summed E-state index contributed by atoms with van der Waals surface area (Å²) in [4.78, 5) is 0. The quantitative estimate of drug-likeness (QED) is 0.678. The van der Waals surface area contributed by atoms with E-state index in [9.17, 15) is 0 Å². The topological polar surface area (TPSA) is 30.5 Å². The fourth-order valence-corrected chi connectivity index (χ4v) is 1.73. The lowest BCUT2D eigenvalue weighted by molar-refractivity contribution is 0.0100. The van der Waals surface area contributed by atoms with Crippen LogP contribution >= 0.6 is 0 Å². The van der Waals surface area contributed by atoms with E-state index < -0.39 is 0 Å². The third-order valence-corrected chi connectivity index (χ3v) is 2.63. The fourth-order valence-electron chi connectivity index (χ4n) is 1.73. The van der Waals surface area contributed by atoms with Gasteiger partial charge in [0.25, 0.3) is 0 Å². The van der Waals surface area contributed by atoms with Crippen LogP contribution in [0.5, 0.6) is 0 Å². The van der Waals surface area contributed by atoms with E-state index in [0.29, 0.717) is 12.1 Å². The van der Waals surface area contributed by atoms with Gasteiger partial charge < -0.3 is 14.8 Å². The maximum Gasteiger partial charge on any atom is 0.0809 e. The van der Waals surface area contributed by atoms with Crippen LogP contribution in [0.4, 0.5) is 0 Å². The summed E-state index contributed by atoms with van der Waals surface area (Å²) in [6.45, 7) is 7.82. The first kappa shape index (κ1) is 12.0. The van der Waals surface area contributed by atoms with Gasteiger partial charge in [-0.05, 0) is 25.8 Å². The van der Waals surface area contributed by atoms with E-state index in [1.807, 2.05) is 0 Å². The van der Waals surface area contributed by atoms with Gasteiger partial charge in [0.1, 0.15) is 0 Å². The van der Waals surface area contributed by atoms with Crippen LogP contribution in [0.3, 0.4) is 0 Å². The molecule has 3 heteroatoms. The van der Waals surface area contributed by atoms with E-state index in [1.165, 1.54) is 6.42 Å². The Morgan fingerprint density at radius 2 is 2.36 bits per heavy atom. The van der Waals surface area contributed by atoms with Crippen molar-refractivity contribution in [1.29, 1.82) is 0 Å². The van der Waals surface area contributed by atoms with Crippen LogP contribution in [0.1, 0.15) is 33.1 Å². The molecule has 14 heavy (non-hydrogen) atoms. The van der Waals surface area contributed by atoms with E-state index in [4.69, 9.17) is 9.47 Å². The van der Waals surface area contributed by atoms with Crippen molar-refractivity contribution < 1.29 is 9.47 Å². The van der Waals surface area contributed by atoms with Crippen LogP contribution in [0.15, 0.2) is 0 Å². The summed E-state index contributed by atoms with van der Waals surface area (Å²) in [5.74, 6) is 0. The molecule has 2 atom stereocenters. The number of rotatable bonds is 7. The molecule has 1 rings (SSSR count). The lowest BCUT2D eigenvalue weighted by Gasteiger charge is -2.17. The molecule has 1 aliphatic rings. The van der Waals surface area contributed by atoms with Crippen molar-refractivity contribution in [2.45, 2.75) is 45.3 Å². The summed E-state index contributed by atoms with van der Waals surface area (Å²) < 4.78 is 11.1. The first-order chi connectivity index (χ1) is 6.86. The molecular formula is C11H23NO2. The average Bonchev–Trinajstić information content (AvgIpc) is 2.69. The molecule has 0 saturated carbocycles. The molecule has 0 bridgehead atoms. The van der Waals surface area contributed by atoms with Crippen LogP contribution < -0.4 is 5.32 Å². The minimum absolute atomic E-state index is 0.356. The number of nitrogens with one attached hydrogen (secondary N) is 1. The average molecular weight is 201 g/mol. The number of hydrogen-bond acceptors (Lipinski definition) is 3. The van der Waals surface area contributed by atoms with Crippen molar-refractivity contribution in [2.75, 3.05) is 26.4 Å². The number of ether oxygens (including phenoxy) is 2. The molecule has 2 unspecified atom stereocenters. The lowest BCUT2D eigenvalue weighted by Crippen LogP contribution is -2.33. The normalized spacial score (nSPS) is 24.0. The van der Waals surface area contributed by atoms with Crippen LogP contribution in [-0.4, -0.2) is 38.5 Å². The van der Waals surface area contributed by atoms with E-state index in [1.54, 1.807) is 0 Å². The zero-order valence-corrected chi connectivity index (χ0v) is 9.42. The highest BCUT2D eigenvalue weighted by Gasteiger charge is 2.15. The first-order valence-corrected chi connectivity index (χ1v) is 5.79. The van der Waals surface area contributed by atoms with Gasteiger partial charge in [0.15, 0.2) is 0 Å². The van der Waals surface area contributed by atoms with Gasteiger partial charge in [0, 0.05) is 12.6 Å². The summed E-state index contributed by atoms with van der Waals surface area (Å²) in [7, 11) is 0. The summed E-state index contributed by atoms with van der Waals surface area (Å²) in [5, 5.41) is 3.39.